The Bertz CT molecular complexity index is 684. The molecule has 1 saturated heterocycles. The van der Waals surface area contributed by atoms with Crippen molar-refractivity contribution >= 4 is 5.91 Å². The van der Waals surface area contributed by atoms with Gasteiger partial charge in [-0.1, -0.05) is 0 Å². The molecule has 4 rings (SSSR count). The maximum absolute atomic E-state index is 12.8. The van der Waals surface area contributed by atoms with Crippen LogP contribution in [0.25, 0.3) is 0 Å². The van der Waals surface area contributed by atoms with Gasteiger partial charge < -0.3 is 14.4 Å². The summed E-state index contributed by atoms with van der Waals surface area (Å²) in [5.41, 5.74) is 0.650. The molecule has 22 heavy (non-hydrogen) atoms. The predicted molar refractivity (Wildman–Crippen MR) is 78.9 cm³/mol. The maximum atomic E-state index is 12.8. The molecule has 0 saturated carbocycles. The predicted octanol–water partition coefficient (Wildman–Crippen LogP) is 1.92. The third-order valence-electron chi connectivity index (χ3n) is 4.21. The van der Waals surface area contributed by atoms with Crippen LogP contribution in [0, 0.1) is 0 Å². The van der Waals surface area contributed by atoms with Gasteiger partial charge in [-0.2, -0.15) is 5.10 Å². The lowest BCUT2D eigenvalue weighted by atomic mass is 10.1. The van der Waals surface area contributed by atoms with E-state index >= 15 is 0 Å². The molecule has 6 heteroatoms. The van der Waals surface area contributed by atoms with Crippen LogP contribution in [0.5, 0.6) is 11.5 Å². The number of aromatic nitrogens is 2. The lowest BCUT2D eigenvalue weighted by Gasteiger charge is -2.25. The Morgan fingerprint density at radius 2 is 2.23 bits per heavy atom. The number of fused-ring (bicyclic) bond motifs is 1. The Kier molecular flexibility index (Phi) is 3.21. The van der Waals surface area contributed by atoms with Crippen LogP contribution in [0.15, 0.2) is 36.7 Å². The van der Waals surface area contributed by atoms with Crippen molar-refractivity contribution in [2.75, 3.05) is 13.3 Å². The van der Waals surface area contributed by atoms with Crippen molar-refractivity contribution in [1.82, 2.24) is 14.7 Å². The molecule has 0 unspecified atom stereocenters. The molecule has 6 nitrogen and oxygen atoms in total. The first kappa shape index (κ1) is 13.2. The topological polar surface area (TPSA) is 56.6 Å². The minimum Gasteiger partial charge on any atom is -0.454 e. The Morgan fingerprint density at radius 1 is 1.32 bits per heavy atom. The van der Waals surface area contributed by atoms with E-state index in [9.17, 15) is 4.79 Å². The van der Waals surface area contributed by atoms with Crippen LogP contribution in [-0.2, 0) is 6.54 Å². The van der Waals surface area contributed by atoms with Crippen LogP contribution in [0.1, 0.15) is 23.2 Å². The number of ether oxygens (including phenoxy) is 2. The molecule has 0 bridgehead atoms. The van der Waals surface area contributed by atoms with E-state index in [1.54, 1.807) is 24.4 Å². The maximum Gasteiger partial charge on any atom is 0.254 e. The highest BCUT2D eigenvalue weighted by molar-refractivity contribution is 5.95. The van der Waals surface area contributed by atoms with Crippen LogP contribution < -0.4 is 9.47 Å². The standard InChI is InChI=1S/C16H17N3O3/c20-16(12-4-5-14-15(9-12)22-11-21-14)19-8-1-3-13(19)10-18-7-2-6-17-18/h2,4-7,9,13H,1,3,8,10-11H2/t13-/m0/s1. The second-order valence-corrected chi connectivity index (χ2v) is 5.59. The molecule has 114 valence electrons. The second-order valence-electron chi connectivity index (χ2n) is 5.59. The van der Waals surface area contributed by atoms with Gasteiger partial charge in [0.1, 0.15) is 0 Å². The molecular weight excluding hydrogens is 282 g/mol. The van der Waals surface area contributed by atoms with Gasteiger partial charge in [0, 0.05) is 24.5 Å². The zero-order valence-electron chi connectivity index (χ0n) is 12.1. The fraction of sp³-hybridized carbons (Fsp3) is 0.375. The van der Waals surface area contributed by atoms with Crippen molar-refractivity contribution < 1.29 is 14.3 Å². The van der Waals surface area contributed by atoms with Crippen molar-refractivity contribution in [2.45, 2.75) is 25.4 Å². The van der Waals surface area contributed by atoms with Gasteiger partial charge in [-0.25, -0.2) is 0 Å². The molecule has 1 atom stereocenters. The first-order valence-electron chi connectivity index (χ1n) is 7.49. The Balaban J connectivity index is 1.53. The van der Waals surface area contributed by atoms with Gasteiger partial charge in [0.25, 0.3) is 5.91 Å². The summed E-state index contributed by atoms with van der Waals surface area (Å²) in [5.74, 6) is 1.40. The van der Waals surface area contributed by atoms with Crippen LogP contribution >= 0.6 is 0 Å². The average Bonchev–Trinajstić information content (AvgIpc) is 3.27. The second kappa shape index (κ2) is 5.36. The summed E-state index contributed by atoms with van der Waals surface area (Å²) < 4.78 is 12.5. The van der Waals surface area contributed by atoms with Crippen molar-refractivity contribution in [2.24, 2.45) is 0 Å². The van der Waals surface area contributed by atoms with Crippen molar-refractivity contribution in [3.63, 3.8) is 0 Å². The van der Waals surface area contributed by atoms with Crippen LogP contribution in [0.3, 0.4) is 0 Å². The third-order valence-corrected chi connectivity index (χ3v) is 4.21. The quantitative estimate of drug-likeness (QED) is 0.869. The third kappa shape index (κ3) is 2.30. The lowest BCUT2D eigenvalue weighted by Crippen LogP contribution is -2.38. The Hall–Kier alpha value is -2.50. The van der Waals surface area contributed by atoms with Gasteiger partial charge in [0.05, 0.1) is 12.6 Å². The van der Waals surface area contributed by atoms with E-state index in [0.29, 0.717) is 17.1 Å². The van der Waals surface area contributed by atoms with E-state index in [1.165, 1.54) is 0 Å². The molecule has 2 aromatic rings. The molecular formula is C16H17N3O3. The monoisotopic (exact) mass is 299 g/mol. The number of carbonyl (C=O) groups is 1. The van der Waals surface area contributed by atoms with Crippen LogP contribution in [0.4, 0.5) is 0 Å². The number of nitrogens with zero attached hydrogens (tertiary/aromatic N) is 3. The number of benzene rings is 1. The number of rotatable bonds is 3. The number of amides is 1. The number of hydrogen-bond acceptors (Lipinski definition) is 4. The van der Waals surface area contributed by atoms with E-state index in [2.05, 4.69) is 5.10 Å². The number of carbonyl (C=O) groups excluding carboxylic acids is 1. The normalized spacial score (nSPS) is 19.6. The molecule has 1 aromatic heterocycles. The molecule has 2 aliphatic heterocycles. The SMILES string of the molecule is O=C(c1ccc2c(c1)OCO2)N1CCC[C@H]1Cn1cccn1. The summed E-state index contributed by atoms with van der Waals surface area (Å²) in [4.78, 5) is 14.7. The van der Waals surface area contributed by atoms with E-state index < -0.39 is 0 Å². The van der Waals surface area contributed by atoms with E-state index in [-0.39, 0.29) is 18.7 Å². The lowest BCUT2D eigenvalue weighted by molar-refractivity contribution is 0.0721. The first-order valence-corrected chi connectivity index (χ1v) is 7.49. The van der Waals surface area contributed by atoms with E-state index in [0.717, 1.165) is 25.9 Å². The molecule has 1 amide bonds. The van der Waals surface area contributed by atoms with Crippen molar-refractivity contribution in [3.8, 4) is 11.5 Å². The minimum absolute atomic E-state index is 0.0490. The average molecular weight is 299 g/mol. The van der Waals surface area contributed by atoms with E-state index in [4.69, 9.17) is 9.47 Å². The number of hydrogen-bond donors (Lipinski definition) is 0. The van der Waals surface area contributed by atoms with E-state index in [1.807, 2.05) is 21.8 Å². The molecule has 0 radical (unpaired) electrons. The minimum atomic E-state index is 0.0490. The van der Waals surface area contributed by atoms with Gasteiger partial charge >= 0.3 is 0 Å². The summed E-state index contributed by atoms with van der Waals surface area (Å²) in [6.07, 6.45) is 5.73. The largest absolute Gasteiger partial charge is 0.454 e. The van der Waals surface area contributed by atoms with Crippen molar-refractivity contribution in [3.05, 3.63) is 42.2 Å². The van der Waals surface area contributed by atoms with Crippen LogP contribution in [0.2, 0.25) is 0 Å². The molecule has 3 heterocycles. The first-order chi connectivity index (χ1) is 10.8. The summed E-state index contributed by atoms with van der Waals surface area (Å²) in [5, 5.41) is 4.24. The summed E-state index contributed by atoms with van der Waals surface area (Å²) >= 11 is 0. The Morgan fingerprint density at radius 3 is 3.09 bits per heavy atom. The fourth-order valence-corrected chi connectivity index (χ4v) is 3.11. The van der Waals surface area contributed by atoms with Gasteiger partial charge in [-0.05, 0) is 37.1 Å². The number of likely N-dealkylation sites (tertiary alicyclic amines) is 1. The zero-order chi connectivity index (χ0) is 14.9. The summed E-state index contributed by atoms with van der Waals surface area (Å²) in [7, 11) is 0. The van der Waals surface area contributed by atoms with Crippen molar-refractivity contribution in [1.29, 1.82) is 0 Å². The highest BCUT2D eigenvalue weighted by Crippen LogP contribution is 2.33. The zero-order valence-corrected chi connectivity index (χ0v) is 12.1. The summed E-state index contributed by atoms with van der Waals surface area (Å²) in [6, 6.07) is 7.47. The Labute approximate surface area is 128 Å². The molecule has 0 spiro atoms. The van der Waals surface area contributed by atoms with Crippen LogP contribution in [-0.4, -0.2) is 40.0 Å². The highest BCUT2D eigenvalue weighted by Gasteiger charge is 2.30. The smallest absolute Gasteiger partial charge is 0.254 e. The molecule has 2 aliphatic rings. The van der Waals surface area contributed by atoms with Gasteiger partial charge in [-0.15, -0.1) is 0 Å². The highest BCUT2D eigenvalue weighted by atomic mass is 16.7. The van der Waals surface area contributed by atoms with Gasteiger partial charge in [0.15, 0.2) is 11.5 Å². The fourth-order valence-electron chi connectivity index (χ4n) is 3.11. The molecule has 0 aliphatic carbocycles. The summed E-state index contributed by atoms with van der Waals surface area (Å²) in [6.45, 7) is 1.75. The molecule has 0 N–H and O–H groups in total. The van der Waals surface area contributed by atoms with Gasteiger partial charge in [0.2, 0.25) is 6.79 Å². The molecule has 1 aromatic carbocycles. The van der Waals surface area contributed by atoms with Gasteiger partial charge in [-0.3, -0.25) is 9.48 Å². The molecule has 1 fully saturated rings.